The first-order valence-electron chi connectivity index (χ1n) is 6.49. The summed E-state index contributed by atoms with van der Waals surface area (Å²) in [6.45, 7) is 0. The molecule has 0 radical (unpaired) electrons. The van der Waals surface area contributed by atoms with Gasteiger partial charge in [-0.2, -0.15) is 4.39 Å². The number of hydrogen-bond acceptors (Lipinski definition) is 2. The van der Waals surface area contributed by atoms with Crippen molar-refractivity contribution in [3.63, 3.8) is 0 Å². The normalized spacial score (nSPS) is 10.9. The Labute approximate surface area is 123 Å². The van der Waals surface area contributed by atoms with Gasteiger partial charge in [0.05, 0.1) is 7.11 Å². The zero-order valence-electron chi connectivity index (χ0n) is 11.6. The van der Waals surface area contributed by atoms with Crippen LogP contribution in [0.5, 0.6) is 0 Å². The summed E-state index contributed by atoms with van der Waals surface area (Å²) >= 11 is 0. The van der Waals surface area contributed by atoms with Crippen LogP contribution >= 0.6 is 0 Å². The third kappa shape index (κ3) is 3.89. The predicted molar refractivity (Wildman–Crippen MR) is 81.2 cm³/mol. The molecular formula is C18H15FO2. The summed E-state index contributed by atoms with van der Waals surface area (Å²) in [5.41, 5.74) is 2.71. The number of esters is 1. The van der Waals surface area contributed by atoms with E-state index in [1.165, 1.54) is 0 Å². The van der Waals surface area contributed by atoms with Crippen molar-refractivity contribution in [3.05, 3.63) is 89.8 Å². The van der Waals surface area contributed by atoms with E-state index in [0.717, 1.165) is 29.9 Å². The second-order valence-corrected chi connectivity index (χ2v) is 4.32. The van der Waals surface area contributed by atoms with Gasteiger partial charge in [0.25, 0.3) is 0 Å². The first kappa shape index (κ1) is 14.7. The molecule has 0 saturated heterocycles. The third-order valence-electron chi connectivity index (χ3n) is 2.95. The molecule has 0 heterocycles. The molecule has 21 heavy (non-hydrogen) atoms. The summed E-state index contributed by atoms with van der Waals surface area (Å²) in [7, 11) is 1.15. The van der Waals surface area contributed by atoms with E-state index >= 15 is 0 Å². The van der Waals surface area contributed by atoms with E-state index in [9.17, 15) is 9.18 Å². The van der Waals surface area contributed by atoms with E-state index < -0.39 is 11.8 Å². The Morgan fingerprint density at radius 1 is 0.905 bits per heavy atom. The van der Waals surface area contributed by atoms with Crippen molar-refractivity contribution < 1.29 is 13.9 Å². The number of carbonyl (C=O) groups excluding carboxylic acids is 1. The fourth-order valence-electron chi connectivity index (χ4n) is 1.92. The monoisotopic (exact) mass is 282 g/mol. The fourth-order valence-corrected chi connectivity index (χ4v) is 1.92. The van der Waals surface area contributed by atoms with Gasteiger partial charge in [0.2, 0.25) is 5.83 Å². The van der Waals surface area contributed by atoms with Crippen molar-refractivity contribution in [2.45, 2.75) is 0 Å². The third-order valence-corrected chi connectivity index (χ3v) is 2.95. The zero-order valence-corrected chi connectivity index (χ0v) is 11.6. The summed E-state index contributed by atoms with van der Waals surface area (Å²) < 4.78 is 17.9. The number of carbonyl (C=O) groups is 1. The minimum Gasteiger partial charge on any atom is -0.464 e. The van der Waals surface area contributed by atoms with Gasteiger partial charge in [0.1, 0.15) is 0 Å². The van der Waals surface area contributed by atoms with Crippen LogP contribution < -0.4 is 0 Å². The summed E-state index contributed by atoms with van der Waals surface area (Å²) in [4.78, 5) is 11.1. The lowest BCUT2D eigenvalue weighted by Crippen LogP contribution is -1.99. The first-order chi connectivity index (χ1) is 10.2. The maximum atomic E-state index is 13.5. The predicted octanol–water partition coefficient (Wildman–Crippen LogP) is 4.14. The molecule has 0 aliphatic rings. The van der Waals surface area contributed by atoms with Crippen molar-refractivity contribution in [1.29, 1.82) is 0 Å². The highest BCUT2D eigenvalue weighted by atomic mass is 19.1. The number of halogens is 1. The van der Waals surface area contributed by atoms with Gasteiger partial charge in [-0.1, -0.05) is 66.7 Å². The van der Waals surface area contributed by atoms with E-state index in [4.69, 9.17) is 0 Å². The van der Waals surface area contributed by atoms with Crippen molar-refractivity contribution in [3.8, 4) is 0 Å². The lowest BCUT2D eigenvalue weighted by atomic mass is 9.97. The highest BCUT2D eigenvalue weighted by Gasteiger charge is 2.08. The molecule has 0 aliphatic heterocycles. The summed E-state index contributed by atoms with van der Waals surface area (Å²) in [6, 6.07) is 19.2. The molecule has 2 aromatic rings. The standard InChI is InChI=1S/C18H15FO2/c1-21-18(20)17(19)13-12-16(14-8-4-2-5-9-14)15-10-6-3-7-11-15/h2-13H,1H3/b17-13-. The number of benzene rings is 2. The first-order valence-corrected chi connectivity index (χ1v) is 6.49. The van der Waals surface area contributed by atoms with Gasteiger partial charge in [0.15, 0.2) is 0 Å². The van der Waals surface area contributed by atoms with Crippen LogP contribution in [0.4, 0.5) is 4.39 Å². The van der Waals surface area contributed by atoms with Gasteiger partial charge in [0, 0.05) is 0 Å². The zero-order chi connectivity index (χ0) is 15.1. The van der Waals surface area contributed by atoms with Crippen molar-refractivity contribution in [2.24, 2.45) is 0 Å². The molecular weight excluding hydrogens is 267 g/mol. The molecule has 2 rings (SSSR count). The highest BCUT2D eigenvalue weighted by Crippen LogP contribution is 2.23. The smallest absolute Gasteiger partial charge is 0.366 e. The van der Waals surface area contributed by atoms with Gasteiger partial charge in [-0.3, -0.25) is 0 Å². The molecule has 2 nitrogen and oxygen atoms in total. The lowest BCUT2D eigenvalue weighted by Gasteiger charge is -2.07. The Hall–Kier alpha value is -2.68. The number of hydrogen-bond donors (Lipinski definition) is 0. The largest absolute Gasteiger partial charge is 0.464 e. The van der Waals surface area contributed by atoms with E-state index in [1.54, 1.807) is 6.08 Å². The molecule has 0 bridgehead atoms. The van der Waals surface area contributed by atoms with Crippen LogP contribution in [0.15, 0.2) is 78.6 Å². The van der Waals surface area contributed by atoms with Crippen molar-refractivity contribution in [2.75, 3.05) is 7.11 Å². The SMILES string of the molecule is COC(=O)/C(F)=C/C=C(c1ccccc1)c1ccccc1. The van der Waals surface area contributed by atoms with Crippen LogP contribution in [-0.2, 0) is 9.53 Å². The van der Waals surface area contributed by atoms with Crippen LogP contribution in [0.3, 0.4) is 0 Å². The van der Waals surface area contributed by atoms with E-state index in [0.29, 0.717) is 0 Å². The average Bonchev–Trinajstić information content (AvgIpc) is 2.56. The van der Waals surface area contributed by atoms with Crippen LogP contribution in [0.2, 0.25) is 0 Å². The van der Waals surface area contributed by atoms with Crippen LogP contribution in [0.1, 0.15) is 11.1 Å². The Kier molecular flexibility index (Phi) is 5.04. The van der Waals surface area contributed by atoms with Gasteiger partial charge >= 0.3 is 5.97 Å². The number of allylic oxidation sites excluding steroid dienone is 2. The van der Waals surface area contributed by atoms with E-state index in [2.05, 4.69) is 4.74 Å². The van der Waals surface area contributed by atoms with Gasteiger partial charge in [-0.15, -0.1) is 0 Å². The fraction of sp³-hybridized carbons (Fsp3) is 0.0556. The second kappa shape index (κ2) is 7.20. The quantitative estimate of drug-likeness (QED) is 0.478. The average molecular weight is 282 g/mol. The van der Waals surface area contributed by atoms with Crippen molar-refractivity contribution in [1.82, 2.24) is 0 Å². The molecule has 0 spiro atoms. The number of methoxy groups -OCH3 is 1. The Bertz CT molecular complexity index is 617. The maximum absolute atomic E-state index is 13.5. The molecule has 0 unspecified atom stereocenters. The Morgan fingerprint density at radius 3 is 1.81 bits per heavy atom. The molecule has 0 atom stereocenters. The number of ether oxygens (including phenoxy) is 1. The molecule has 0 fully saturated rings. The molecule has 0 aliphatic carbocycles. The summed E-state index contributed by atoms with van der Waals surface area (Å²) in [6.07, 6.45) is 2.71. The van der Waals surface area contributed by atoms with E-state index in [1.807, 2.05) is 60.7 Å². The minimum atomic E-state index is -0.980. The summed E-state index contributed by atoms with van der Waals surface area (Å²) in [5.74, 6) is -1.91. The van der Waals surface area contributed by atoms with Crippen LogP contribution in [-0.4, -0.2) is 13.1 Å². The second-order valence-electron chi connectivity index (χ2n) is 4.32. The lowest BCUT2D eigenvalue weighted by molar-refractivity contribution is -0.137. The molecule has 0 aromatic heterocycles. The molecule has 0 amide bonds. The molecule has 2 aromatic carbocycles. The van der Waals surface area contributed by atoms with E-state index in [-0.39, 0.29) is 0 Å². The minimum absolute atomic E-state index is 0.829. The Balaban J connectivity index is 2.45. The molecule has 3 heteroatoms. The van der Waals surface area contributed by atoms with Gasteiger partial charge in [-0.25, -0.2) is 4.79 Å². The number of rotatable bonds is 4. The maximum Gasteiger partial charge on any atom is 0.366 e. The molecule has 0 N–H and O–H groups in total. The molecule has 106 valence electrons. The molecule has 0 saturated carbocycles. The Morgan fingerprint density at radius 2 is 1.38 bits per heavy atom. The van der Waals surface area contributed by atoms with Crippen molar-refractivity contribution >= 4 is 11.5 Å². The van der Waals surface area contributed by atoms with Gasteiger partial charge < -0.3 is 4.74 Å². The topological polar surface area (TPSA) is 26.3 Å². The van der Waals surface area contributed by atoms with Crippen LogP contribution in [0, 0.1) is 0 Å². The van der Waals surface area contributed by atoms with Gasteiger partial charge in [-0.05, 0) is 22.8 Å². The highest BCUT2D eigenvalue weighted by molar-refractivity contribution is 5.87. The summed E-state index contributed by atoms with van der Waals surface area (Å²) in [5, 5.41) is 0. The van der Waals surface area contributed by atoms with Crippen LogP contribution in [0.25, 0.3) is 5.57 Å².